The highest BCUT2D eigenvalue weighted by Crippen LogP contribution is 2.38. The van der Waals surface area contributed by atoms with Crippen LogP contribution in [0.25, 0.3) is 23.0 Å². The van der Waals surface area contributed by atoms with Crippen LogP contribution in [0.4, 0.5) is 0 Å². The number of aromatic nitrogens is 2. The van der Waals surface area contributed by atoms with Crippen LogP contribution in [0.5, 0.6) is 11.5 Å². The van der Waals surface area contributed by atoms with E-state index in [1.54, 1.807) is 41.1 Å². The highest BCUT2D eigenvalue weighted by atomic mass is 35.5. The Balaban J connectivity index is 1.66. The Hall–Kier alpha value is -3.25. The minimum absolute atomic E-state index is 0.175. The second-order valence-electron chi connectivity index (χ2n) is 7.57. The maximum Gasteiger partial charge on any atom is 0.231 e. The van der Waals surface area contributed by atoms with Crippen molar-refractivity contribution in [3.8, 4) is 28.4 Å². The summed E-state index contributed by atoms with van der Waals surface area (Å²) in [7, 11) is 0. The van der Waals surface area contributed by atoms with Gasteiger partial charge in [-0.3, -0.25) is 4.79 Å². The van der Waals surface area contributed by atoms with Gasteiger partial charge in [-0.2, -0.15) is 5.10 Å². The zero-order valence-corrected chi connectivity index (χ0v) is 19.9. The fraction of sp³-hybridized carbons (Fsp3) is 0.0769. The van der Waals surface area contributed by atoms with Crippen molar-refractivity contribution in [2.45, 2.75) is 6.42 Å². The quantitative estimate of drug-likeness (QED) is 0.269. The van der Waals surface area contributed by atoms with E-state index in [9.17, 15) is 4.79 Å². The Bertz CT molecular complexity index is 1420. The maximum absolute atomic E-state index is 12.0. The molecule has 0 fully saturated rings. The minimum atomic E-state index is 0.175. The molecule has 0 spiro atoms. The fourth-order valence-electron chi connectivity index (χ4n) is 3.74. The van der Waals surface area contributed by atoms with Crippen LogP contribution in [0, 0.1) is 0 Å². The Labute approximate surface area is 211 Å². The number of allylic oxidation sites excluding steroid dienone is 7. The first-order valence-electron chi connectivity index (χ1n) is 10.4. The number of ether oxygens (including phenoxy) is 2. The van der Waals surface area contributed by atoms with E-state index in [2.05, 4.69) is 0 Å². The summed E-state index contributed by atoms with van der Waals surface area (Å²) in [4.78, 5) is 12.0. The van der Waals surface area contributed by atoms with Gasteiger partial charge in [0.05, 0.1) is 22.1 Å². The third-order valence-corrected chi connectivity index (χ3v) is 6.13. The number of nitrogens with zero attached hydrogens (tertiary/aromatic N) is 2. The lowest BCUT2D eigenvalue weighted by atomic mass is 10.0. The molecule has 1 aliphatic carbocycles. The number of hydrogen-bond donors (Lipinski definition) is 0. The molecule has 0 saturated carbocycles. The summed E-state index contributed by atoms with van der Waals surface area (Å²) >= 11 is 19.0. The van der Waals surface area contributed by atoms with Gasteiger partial charge in [-0.15, -0.1) is 0 Å². The van der Waals surface area contributed by atoms with Gasteiger partial charge in [0.1, 0.15) is 0 Å². The number of hydrogen-bond acceptors (Lipinski definition) is 4. The first-order valence-corrected chi connectivity index (χ1v) is 11.5. The van der Waals surface area contributed by atoms with Crippen molar-refractivity contribution in [1.82, 2.24) is 9.78 Å². The van der Waals surface area contributed by atoms with Gasteiger partial charge >= 0.3 is 0 Å². The van der Waals surface area contributed by atoms with Crippen LogP contribution in [0.3, 0.4) is 0 Å². The van der Waals surface area contributed by atoms with Crippen molar-refractivity contribution in [3.63, 3.8) is 0 Å². The predicted octanol–water partition coefficient (Wildman–Crippen LogP) is 7.17. The second kappa shape index (κ2) is 9.55. The summed E-state index contributed by atoms with van der Waals surface area (Å²) in [6, 6.07) is 12.7. The van der Waals surface area contributed by atoms with Crippen molar-refractivity contribution >= 4 is 47.2 Å². The van der Waals surface area contributed by atoms with Gasteiger partial charge in [-0.1, -0.05) is 47.0 Å². The van der Waals surface area contributed by atoms with Crippen molar-refractivity contribution < 1.29 is 14.3 Å². The lowest BCUT2D eigenvalue weighted by Crippen LogP contribution is -2.00. The first-order chi connectivity index (χ1) is 16.5. The SMILES string of the molecule is O=C/C(=C/c1cc(-c2ccc3c(c2)OCO3)n(-c2cc(Cl)ccc2Cl)n1)C1=CCC=CC(Cl)=C1. The van der Waals surface area contributed by atoms with Gasteiger partial charge in [0.15, 0.2) is 17.8 Å². The molecule has 0 unspecified atom stereocenters. The summed E-state index contributed by atoms with van der Waals surface area (Å²) in [5.41, 5.74) is 3.93. The lowest BCUT2D eigenvalue weighted by Gasteiger charge is -2.10. The molecular weight excluding hydrogens is 495 g/mol. The van der Waals surface area contributed by atoms with Gasteiger partial charge in [-0.25, -0.2) is 4.68 Å². The van der Waals surface area contributed by atoms with Gasteiger partial charge in [0.25, 0.3) is 0 Å². The average molecular weight is 512 g/mol. The minimum Gasteiger partial charge on any atom is -0.454 e. The van der Waals surface area contributed by atoms with Crippen molar-refractivity contribution in [2.24, 2.45) is 0 Å². The number of carbonyl (C=O) groups is 1. The molecule has 2 heterocycles. The van der Waals surface area contributed by atoms with Gasteiger partial charge < -0.3 is 9.47 Å². The van der Waals surface area contributed by atoms with E-state index in [1.807, 2.05) is 36.4 Å². The van der Waals surface area contributed by atoms with E-state index in [0.717, 1.165) is 23.1 Å². The van der Waals surface area contributed by atoms with Crippen molar-refractivity contribution in [1.29, 1.82) is 0 Å². The molecule has 8 heteroatoms. The van der Waals surface area contributed by atoms with Gasteiger partial charge in [-0.05, 0) is 72.7 Å². The maximum atomic E-state index is 12.0. The normalized spacial score (nSPS) is 15.1. The zero-order chi connectivity index (χ0) is 23.7. The lowest BCUT2D eigenvalue weighted by molar-refractivity contribution is -0.104. The zero-order valence-electron chi connectivity index (χ0n) is 17.7. The molecule has 3 aromatic rings. The van der Waals surface area contributed by atoms with Crippen LogP contribution in [-0.4, -0.2) is 22.9 Å². The van der Waals surface area contributed by atoms with Crippen LogP contribution < -0.4 is 9.47 Å². The van der Waals surface area contributed by atoms with Crippen LogP contribution >= 0.6 is 34.8 Å². The van der Waals surface area contributed by atoms with Crippen LogP contribution in [0.15, 0.2) is 82.9 Å². The van der Waals surface area contributed by atoms with E-state index in [4.69, 9.17) is 49.4 Å². The smallest absolute Gasteiger partial charge is 0.231 e. The Morgan fingerprint density at radius 3 is 2.74 bits per heavy atom. The average Bonchev–Trinajstić information content (AvgIpc) is 3.41. The standard InChI is InChI=1S/C26H17Cl3N2O3/c27-19-4-2-1-3-16(9-19)18(14-32)10-21-13-23(17-5-8-25-26(11-17)34-15-33-25)31(30-21)24-12-20(28)6-7-22(24)29/h2-14H,1,15H2/b18-10-. The number of fused-ring (bicyclic) bond motifs is 1. The molecule has 0 N–H and O–H groups in total. The molecule has 5 nitrogen and oxygen atoms in total. The van der Waals surface area contributed by atoms with E-state index in [0.29, 0.717) is 50.0 Å². The van der Waals surface area contributed by atoms with E-state index in [1.165, 1.54) is 0 Å². The van der Waals surface area contributed by atoms with Crippen LogP contribution in [0.2, 0.25) is 10.0 Å². The van der Waals surface area contributed by atoms with E-state index < -0.39 is 0 Å². The molecule has 0 atom stereocenters. The van der Waals surface area contributed by atoms with E-state index in [-0.39, 0.29) is 6.79 Å². The molecule has 0 saturated heterocycles. The Morgan fingerprint density at radius 1 is 1.03 bits per heavy atom. The number of rotatable bonds is 5. The van der Waals surface area contributed by atoms with Gasteiger partial charge in [0.2, 0.25) is 6.79 Å². The Morgan fingerprint density at radius 2 is 1.88 bits per heavy atom. The molecule has 34 heavy (non-hydrogen) atoms. The van der Waals surface area contributed by atoms with Crippen LogP contribution in [-0.2, 0) is 4.79 Å². The molecule has 170 valence electrons. The monoisotopic (exact) mass is 510 g/mol. The summed E-state index contributed by atoms with van der Waals surface area (Å²) in [6.45, 7) is 0.175. The molecule has 1 aliphatic heterocycles. The number of benzene rings is 2. The molecular formula is C26H17Cl3N2O3. The summed E-state index contributed by atoms with van der Waals surface area (Å²) in [5, 5.41) is 6.30. The topological polar surface area (TPSA) is 53.4 Å². The third-order valence-electron chi connectivity index (χ3n) is 5.34. The van der Waals surface area contributed by atoms with Crippen molar-refractivity contribution in [3.05, 3.63) is 98.7 Å². The highest BCUT2D eigenvalue weighted by molar-refractivity contribution is 6.34. The molecule has 2 aromatic carbocycles. The van der Waals surface area contributed by atoms with Crippen LogP contribution in [0.1, 0.15) is 12.1 Å². The molecule has 0 amide bonds. The largest absolute Gasteiger partial charge is 0.454 e. The third kappa shape index (κ3) is 4.55. The predicted molar refractivity (Wildman–Crippen MR) is 135 cm³/mol. The molecule has 0 radical (unpaired) electrons. The fourth-order valence-corrected chi connectivity index (χ4v) is 4.31. The number of carbonyl (C=O) groups excluding carboxylic acids is 1. The second-order valence-corrected chi connectivity index (χ2v) is 8.85. The van der Waals surface area contributed by atoms with Gasteiger partial charge in [0, 0.05) is 21.2 Å². The summed E-state index contributed by atoms with van der Waals surface area (Å²) in [6.07, 6.45) is 10.6. The Kier molecular flexibility index (Phi) is 6.33. The molecule has 0 bridgehead atoms. The summed E-state index contributed by atoms with van der Waals surface area (Å²) in [5.74, 6) is 1.32. The molecule has 2 aliphatic rings. The van der Waals surface area contributed by atoms with E-state index >= 15 is 0 Å². The number of aldehydes is 1. The first kappa shape index (κ1) is 22.5. The number of halogens is 3. The molecule has 1 aromatic heterocycles. The highest BCUT2D eigenvalue weighted by Gasteiger charge is 2.19. The van der Waals surface area contributed by atoms with Crippen molar-refractivity contribution in [2.75, 3.05) is 6.79 Å². The molecule has 5 rings (SSSR count). The summed E-state index contributed by atoms with van der Waals surface area (Å²) < 4.78 is 12.7.